The SMILES string of the molecule is COC(=O)c1ccc(/C=C(\SCC(=O)[O-])c2nc3ccccc3s2)cc1. The van der Waals surface area contributed by atoms with Crippen LogP contribution in [0.3, 0.4) is 0 Å². The van der Waals surface area contributed by atoms with Crippen LogP contribution in [-0.4, -0.2) is 29.8 Å². The molecular formula is C19H14NO4S2-. The second-order valence-electron chi connectivity index (χ2n) is 5.27. The molecular weight excluding hydrogens is 370 g/mol. The molecule has 132 valence electrons. The third-order valence-corrected chi connectivity index (χ3v) is 5.68. The minimum atomic E-state index is -1.14. The lowest BCUT2D eigenvalue weighted by Gasteiger charge is -2.06. The molecule has 0 unspecified atom stereocenters. The first kappa shape index (κ1) is 18.2. The zero-order valence-corrected chi connectivity index (χ0v) is 15.4. The molecule has 0 fully saturated rings. The first-order chi connectivity index (χ1) is 12.6. The number of nitrogens with zero attached hydrogens (tertiary/aromatic N) is 1. The van der Waals surface area contributed by atoms with E-state index in [2.05, 4.69) is 9.72 Å². The molecule has 26 heavy (non-hydrogen) atoms. The predicted octanol–water partition coefficient (Wildman–Crippen LogP) is 3.06. The van der Waals surface area contributed by atoms with Crippen molar-refractivity contribution in [3.63, 3.8) is 0 Å². The Kier molecular flexibility index (Phi) is 5.70. The first-order valence-electron chi connectivity index (χ1n) is 7.65. The van der Waals surface area contributed by atoms with Crippen molar-refractivity contribution in [3.05, 3.63) is 64.7 Å². The molecule has 0 amide bonds. The summed E-state index contributed by atoms with van der Waals surface area (Å²) in [4.78, 5) is 27.7. The van der Waals surface area contributed by atoms with Crippen LogP contribution in [0.4, 0.5) is 0 Å². The summed E-state index contributed by atoms with van der Waals surface area (Å²) in [5.41, 5.74) is 2.15. The molecule has 0 radical (unpaired) electrons. The summed E-state index contributed by atoms with van der Waals surface area (Å²) in [5.74, 6) is -1.71. The lowest BCUT2D eigenvalue weighted by atomic mass is 10.1. The monoisotopic (exact) mass is 384 g/mol. The number of hydrogen-bond acceptors (Lipinski definition) is 7. The van der Waals surface area contributed by atoms with E-state index in [9.17, 15) is 14.7 Å². The number of thioether (sulfide) groups is 1. The van der Waals surface area contributed by atoms with Gasteiger partial charge in [-0.25, -0.2) is 9.78 Å². The van der Waals surface area contributed by atoms with Crippen LogP contribution in [0.25, 0.3) is 21.2 Å². The molecule has 3 rings (SSSR count). The highest BCUT2D eigenvalue weighted by Gasteiger charge is 2.11. The number of ether oxygens (including phenoxy) is 1. The van der Waals surface area contributed by atoms with Crippen molar-refractivity contribution >= 4 is 56.2 Å². The molecule has 0 aliphatic rings. The zero-order chi connectivity index (χ0) is 18.5. The third kappa shape index (κ3) is 4.30. The number of carboxylic acids is 1. The first-order valence-corrected chi connectivity index (χ1v) is 9.45. The van der Waals surface area contributed by atoms with E-state index in [0.717, 1.165) is 37.5 Å². The van der Waals surface area contributed by atoms with Crippen molar-refractivity contribution < 1.29 is 19.4 Å². The van der Waals surface area contributed by atoms with Crippen LogP contribution in [0, 0.1) is 0 Å². The van der Waals surface area contributed by atoms with Gasteiger partial charge in [0.1, 0.15) is 5.01 Å². The number of hydrogen-bond donors (Lipinski definition) is 0. The van der Waals surface area contributed by atoms with Gasteiger partial charge in [-0.2, -0.15) is 0 Å². The number of thiazole rings is 1. The molecule has 0 N–H and O–H groups in total. The molecule has 5 nitrogen and oxygen atoms in total. The molecule has 0 aliphatic heterocycles. The van der Waals surface area contributed by atoms with Crippen LogP contribution in [0.15, 0.2) is 48.5 Å². The summed E-state index contributed by atoms with van der Waals surface area (Å²) in [6, 6.07) is 14.6. The van der Waals surface area contributed by atoms with Gasteiger partial charge in [0.05, 0.1) is 28.9 Å². The highest BCUT2D eigenvalue weighted by atomic mass is 32.2. The summed E-state index contributed by atoms with van der Waals surface area (Å²) in [6.45, 7) is 0. The molecule has 3 aromatic rings. The van der Waals surface area contributed by atoms with Crippen LogP contribution >= 0.6 is 23.1 Å². The molecule has 0 aliphatic carbocycles. The maximum atomic E-state index is 11.5. The fraction of sp³-hybridized carbons (Fsp3) is 0.105. The number of benzene rings is 2. The minimum Gasteiger partial charge on any atom is -0.549 e. The van der Waals surface area contributed by atoms with E-state index in [0.29, 0.717) is 5.56 Å². The smallest absolute Gasteiger partial charge is 0.337 e. The maximum Gasteiger partial charge on any atom is 0.337 e. The normalized spacial score (nSPS) is 11.5. The fourth-order valence-corrected chi connectivity index (χ4v) is 4.10. The number of carboxylic acid groups (broad SMARTS) is 1. The van der Waals surface area contributed by atoms with Gasteiger partial charge in [-0.15, -0.1) is 23.1 Å². The molecule has 0 atom stereocenters. The number of para-hydroxylation sites is 1. The van der Waals surface area contributed by atoms with Crippen molar-refractivity contribution in [3.8, 4) is 0 Å². The van der Waals surface area contributed by atoms with Gasteiger partial charge in [0.2, 0.25) is 0 Å². The number of carbonyl (C=O) groups excluding carboxylic acids is 2. The lowest BCUT2D eigenvalue weighted by molar-refractivity contribution is -0.301. The predicted molar refractivity (Wildman–Crippen MR) is 103 cm³/mol. The van der Waals surface area contributed by atoms with Gasteiger partial charge in [-0.1, -0.05) is 24.3 Å². The number of carbonyl (C=O) groups is 2. The minimum absolute atomic E-state index is 0.165. The lowest BCUT2D eigenvalue weighted by Crippen LogP contribution is -2.24. The Bertz CT molecular complexity index is 944. The average Bonchev–Trinajstić information content (AvgIpc) is 3.08. The number of aliphatic carboxylic acids is 1. The molecule has 0 bridgehead atoms. The average molecular weight is 384 g/mol. The van der Waals surface area contributed by atoms with Crippen molar-refractivity contribution in [1.29, 1.82) is 0 Å². The van der Waals surface area contributed by atoms with Crippen LogP contribution in [0.2, 0.25) is 0 Å². The molecule has 2 aromatic carbocycles. The maximum absolute atomic E-state index is 11.5. The molecule has 0 spiro atoms. The van der Waals surface area contributed by atoms with E-state index < -0.39 is 11.9 Å². The summed E-state index contributed by atoms with van der Waals surface area (Å²) in [7, 11) is 1.33. The van der Waals surface area contributed by atoms with Crippen LogP contribution in [0.5, 0.6) is 0 Å². The molecule has 1 heterocycles. The van der Waals surface area contributed by atoms with E-state index in [1.807, 2.05) is 30.3 Å². The van der Waals surface area contributed by atoms with Gasteiger partial charge in [-0.05, 0) is 35.9 Å². The highest BCUT2D eigenvalue weighted by molar-refractivity contribution is 8.09. The van der Waals surface area contributed by atoms with E-state index in [-0.39, 0.29) is 5.75 Å². The number of esters is 1. The van der Waals surface area contributed by atoms with Crippen molar-refractivity contribution in [2.24, 2.45) is 0 Å². The topological polar surface area (TPSA) is 79.3 Å². The zero-order valence-electron chi connectivity index (χ0n) is 13.8. The second-order valence-corrected chi connectivity index (χ2v) is 7.32. The van der Waals surface area contributed by atoms with Crippen LogP contribution in [0.1, 0.15) is 20.9 Å². The van der Waals surface area contributed by atoms with Gasteiger partial charge >= 0.3 is 5.97 Å². The summed E-state index contributed by atoms with van der Waals surface area (Å²) < 4.78 is 5.72. The highest BCUT2D eigenvalue weighted by Crippen LogP contribution is 2.35. The fourth-order valence-electron chi connectivity index (χ4n) is 2.26. The summed E-state index contributed by atoms with van der Waals surface area (Å²) in [5, 5.41) is 11.6. The van der Waals surface area contributed by atoms with Gasteiger partial charge in [0.15, 0.2) is 0 Å². The number of methoxy groups -OCH3 is 1. The Balaban J connectivity index is 1.95. The van der Waals surface area contributed by atoms with Gasteiger partial charge in [0.25, 0.3) is 0 Å². The number of aromatic nitrogens is 1. The van der Waals surface area contributed by atoms with Crippen molar-refractivity contribution in [2.45, 2.75) is 0 Å². The Hall–Kier alpha value is -2.64. The van der Waals surface area contributed by atoms with E-state index >= 15 is 0 Å². The van der Waals surface area contributed by atoms with Gasteiger partial charge in [0, 0.05) is 10.7 Å². The quantitative estimate of drug-likeness (QED) is 0.608. The van der Waals surface area contributed by atoms with Crippen LogP contribution in [-0.2, 0) is 9.53 Å². The molecule has 1 aromatic heterocycles. The number of fused-ring (bicyclic) bond motifs is 1. The molecule has 0 saturated carbocycles. The largest absolute Gasteiger partial charge is 0.549 e. The van der Waals surface area contributed by atoms with Crippen molar-refractivity contribution in [1.82, 2.24) is 4.98 Å². The van der Waals surface area contributed by atoms with E-state index in [1.165, 1.54) is 18.4 Å². The van der Waals surface area contributed by atoms with E-state index in [4.69, 9.17) is 0 Å². The molecule has 7 heteroatoms. The standard InChI is InChI=1S/C19H15NO4S2/c1-24-19(23)13-8-6-12(7-9-13)10-16(25-11-17(21)22)18-20-14-4-2-3-5-15(14)26-18/h2-10H,11H2,1H3,(H,21,22)/p-1/b16-10-. The third-order valence-electron chi connectivity index (χ3n) is 3.48. The van der Waals surface area contributed by atoms with E-state index in [1.54, 1.807) is 24.3 Å². The van der Waals surface area contributed by atoms with Crippen LogP contribution < -0.4 is 5.11 Å². The van der Waals surface area contributed by atoms with Crippen molar-refractivity contribution in [2.75, 3.05) is 12.9 Å². The molecule has 0 saturated heterocycles. The Morgan fingerprint density at radius 3 is 2.58 bits per heavy atom. The Morgan fingerprint density at radius 2 is 1.92 bits per heavy atom. The Labute approximate surface area is 158 Å². The van der Waals surface area contributed by atoms with Gasteiger partial charge < -0.3 is 14.6 Å². The number of rotatable bonds is 6. The summed E-state index contributed by atoms with van der Waals surface area (Å²) >= 11 is 2.66. The second kappa shape index (κ2) is 8.16. The summed E-state index contributed by atoms with van der Waals surface area (Å²) in [6.07, 6.45) is 1.85. The Morgan fingerprint density at radius 1 is 1.19 bits per heavy atom. The van der Waals surface area contributed by atoms with Gasteiger partial charge in [-0.3, -0.25) is 0 Å².